The molecule has 1 amide bonds. The highest BCUT2D eigenvalue weighted by atomic mass is 31.2. The number of ether oxygens (including phenoxy) is 2. The van der Waals surface area contributed by atoms with E-state index in [1.165, 1.54) is 0 Å². The lowest BCUT2D eigenvalue weighted by Gasteiger charge is -2.54. The number of aliphatic hydroxyl groups is 2. The molecule has 7 rings (SSSR count). The largest absolute Gasteiger partial charge is 0.472 e. The first-order valence-electron chi connectivity index (χ1n) is 12.6. The number of carbonyl (C=O) groups excluding carboxylic acids is 1. The van der Waals surface area contributed by atoms with E-state index in [0.717, 1.165) is 22.3 Å². The SMILES string of the molecule is Nc1nc2c(c(=O)[nH]1)N(C(=O)OCC1c3ccccc3-c3ccccc31)[C@@H]1[C@H](N2)O[C@@H]2COP(=O)(O)O[C@@H]2C1(O)O. The van der Waals surface area contributed by atoms with Crippen molar-refractivity contribution in [2.75, 3.05) is 29.2 Å². The highest BCUT2D eigenvalue weighted by Crippen LogP contribution is 2.53. The van der Waals surface area contributed by atoms with Gasteiger partial charge in [0.2, 0.25) is 11.7 Å². The number of phosphoric acid groups is 1. The number of hydrogen-bond donors (Lipinski definition) is 6. The van der Waals surface area contributed by atoms with Crippen LogP contribution in [0.25, 0.3) is 11.1 Å². The van der Waals surface area contributed by atoms with Crippen molar-refractivity contribution in [3.63, 3.8) is 0 Å². The fourth-order valence-corrected chi connectivity index (χ4v) is 6.98. The van der Waals surface area contributed by atoms with E-state index in [2.05, 4.69) is 15.3 Å². The van der Waals surface area contributed by atoms with Crippen LogP contribution in [0.4, 0.5) is 22.2 Å². The fraction of sp³-hybridized carbons (Fsp3) is 0.320. The van der Waals surface area contributed by atoms with Crippen LogP contribution >= 0.6 is 7.82 Å². The predicted molar refractivity (Wildman–Crippen MR) is 141 cm³/mol. The van der Waals surface area contributed by atoms with Crippen molar-refractivity contribution in [1.82, 2.24) is 9.97 Å². The molecule has 15 nitrogen and oxygen atoms in total. The van der Waals surface area contributed by atoms with Crippen molar-refractivity contribution in [3.8, 4) is 11.1 Å². The quantitative estimate of drug-likeness (QED) is 0.181. The molecule has 1 aromatic heterocycles. The summed E-state index contributed by atoms with van der Waals surface area (Å²) in [7, 11) is -4.67. The molecule has 0 saturated carbocycles. The van der Waals surface area contributed by atoms with E-state index in [1.54, 1.807) is 0 Å². The molecular formula is C25H24N5O10P. The van der Waals surface area contributed by atoms with Crippen molar-refractivity contribution in [2.45, 2.75) is 36.2 Å². The van der Waals surface area contributed by atoms with E-state index in [0.29, 0.717) is 4.90 Å². The number of amides is 1. The van der Waals surface area contributed by atoms with Crippen molar-refractivity contribution in [1.29, 1.82) is 0 Å². The zero-order chi connectivity index (χ0) is 28.7. The van der Waals surface area contributed by atoms with Gasteiger partial charge in [-0.1, -0.05) is 48.5 Å². The number of carbonyl (C=O) groups is 1. The molecule has 3 aromatic rings. The maximum absolute atomic E-state index is 13.8. The number of H-pyrrole nitrogens is 1. The van der Waals surface area contributed by atoms with E-state index >= 15 is 0 Å². The highest BCUT2D eigenvalue weighted by molar-refractivity contribution is 7.47. The molecule has 0 spiro atoms. The molecule has 2 fully saturated rings. The lowest BCUT2D eigenvalue weighted by Crippen LogP contribution is -2.76. The monoisotopic (exact) mass is 585 g/mol. The van der Waals surface area contributed by atoms with Crippen LogP contribution in [0.1, 0.15) is 17.0 Å². The second kappa shape index (κ2) is 9.09. The maximum atomic E-state index is 13.8. The Morgan fingerprint density at radius 1 is 1.17 bits per heavy atom. The van der Waals surface area contributed by atoms with Gasteiger partial charge in [-0.3, -0.25) is 23.7 Å². The lowest BCUT2D eigenvalue weighted by molar-refractivity contribution is -0.316. The summed E-state index contributed by atoms with van der Waals surface area (Å²) in [6.07, 6.45) is -5.59. The van der Waals surface area contributed by atoms with E-state index in [1.807, 2.05) is 48.5 Å². The Labute approximate surface area is 231 Å². The number of fused-ring (bicyclic) bond motifs is 6. The van der Waals surface area contributed by atoms with Crippen LogP contribution < -0.4 is 21.5 Å². The van der Waals surface area contributed by atoms with E-state index < -0.39 is 62.0 Å². The Balaban J connectivity index is 1.26. The van der Waals surface area contributed by atoms with Crippen LogP contribution in [-0.4, -0.2) is 74.6 Å². The third-order valence-electron chi connectivity index (χ3n) is 7.69. The first-order chi connectivity index (χ1) is 19.5. The number of aromatic amines is 1. The Kier molecular flexibility index (Phi) is 5.79. The lowest BCUT2D eigenvalue weighted by atomic mass is 9.89. The van der Waals surface area contributed by atoms with Gasteiger partial charge in [0.25, 0.3) is 5.56 Å². The van der Waals surface area contributed by atoms with Gasteiger partial charge in [-0.15, -0.1) is 0 Å². The molecule has 3 aliphatic heterocycles. The van der Waals surface area contributed by atoms with Crippen molar-refractivity contribution in [3.05, 3.63) is 70.0 Å². The van der Waals surface area contributed by atoms with Crippen LogP contribution in [0, 0.1) is 0 Å². The predicted octanol–water partition coefficient (Wildman–Crippen LogP) is 0.823. The van der Waals surface area contributed by atoms with Gasteiger partial charge in [-0.25, -0.2) is 9.36 Å². The van der Waals surface area contributed by atoms with Gasteiger partial charge in [-0.2, -0.15) is 4.98 Å². The van der Waals surface area contributed by atoms with E-state index in [-0.39, 0.29) is 24.3 Å². The third-order valence-corrected chi connectivity index (χ3v) is 8.66. The molecule has 7 N–H and O–H groups in total. The smallest absolute Gasteiger partial charge is 0.448 e. The van der Waals surface area contributed by atoms with Crippen LogP contribution in [0.15, 0.2) is 53.3 Å². The van der Waals surface area contributed by atoms with Crippen molar-refractivity contribution >= 4 is 31.4 Å². The van der Waals surface area contributed by atoms with Crippen LogP contribution in [0.3, 0.4) is 0 Å². The minimum Gasteiger partial charge on any atom is -0.448 e. The number of anilines is 3. The molecule has 16 heteroatoms. The summed E-state index contributed by atoms with van der Waals surface area (Å²) >= 11 is 0. The molecule has 2 saturated heterocycles. The fourth-order valence-electron chi connectivity index (χ4n) is 6.00. The van der Waals surface area contributed by atoms with Gasteiger partial charge in [0.1, 0.15) is 18.8 Å². The molecule has 1 aliphatic carbocycles. The van der Waals surface area contributed by atoms with E-state index in [4.69, 9.17) is 24.3 Å². The summed E-state index contributed by atoms with van der Waals surface area (Å²) in [6.45, 7) is -0.675. The topological polar surface area (TPSA) is 219 Å². The molecule has 0 bridgehead atoms. The van der Waals surface area contributed by atoms with Gasteiger partial charge in [-0.05, 0) is 22.3 Å². The second-order valence-electron chi connectivity index (χ2n) is 10.1. The highest BCUT2D eigenvalue weighted by Gasteiger charge is 2.65. The number of aromatic nitrogens is 2. The number of nitrogens with zero attached hydrogens (tertiary/aromatic N) is 2. The minimum atomic E-state index is -4.67. The zero-order valence-corrected chi connectivity index (χ0v) is 21.9. The molecule has 41 heavy (non-hydrogen) atoms. The number of hydrogen-bond acceptors (Lipinski definition) is 12. The van der Waals surface area contributed by atoms with Crippen LogP contribution in [-0.2, 0) is 23.1 Å². The Morgan fingerprint density at radius 3 is 2.51 bits per heavy atom. The van der Waals surface area contributed by atoms with Gasteiger partial charge < -0.3 is 35.6 Å². The van der Waals surface area contributed by atoms with Crippen LogP contribution in [0.5, 0.6) is 0 Å². The average molecular weight is 585 g/mol. The second-order valence-corrected chi connectivity index (χ2v) is 11.5. The average Bonchev–Trinajstić information content (AvgIpc) is 3.24. The molecule has 214 valence electrons. The van der Waals surface area contributed by atoms with Crippen molar-refractivity contribution in [2.24, 2.45) is 0 Å². The number of rotatable bonds is 2. The molecule has 4 heterocycles. The van der Waals surface area contributed by atoms with Gasteiger partial charge in [0, 0.05) is 5.92 Å². The molecule has 0 radical (unpaired) electrons. The Bertz CT molecular complexity index is 1630. The molecule has 1 unspecified atom stereocenters. The summed E-state index contributed by atoms with van der Waals surface area (Å²) in [5.74, 6) is -3.82. The summed E-state index contributed by atoms with van der Waals surface area (Å²) in [4.78, 5) is 43.8. The molecule has 2 aromatic carbocycles. The third kappa shape index (κ3) is 4.05. The maximum Gasteiger partial charge on any atom is 0.472 e. The number of nitrogens with two attached hydrogens (primary N) is 1. The summed E-state index contributed by atoms with van der Waals surface area (Å²) in [5.41, 5.74) is 8.26. The van der Waals surface area contributed by atoms with E-state index in [9.17, 15) is 29.3 Å². The Morgan fingerprint density at radius 2 is 1.83 bits per heavy atom. The summed E-state index contributed by atoms with van der Waals surface area (Å²) in [6, 6.07) is 13.6. The number of nitrogens with one attached hydrogen (secondary N) is 2. The van der Waals surface area contributed by atoms with Crippen molar-refractivity contribution < 1.29 is 43.0 Å². The number of benzene rings is 2. The minimum absolute atomic E-state index is 0.156. The number of nitrogen functional groups attached to an aromatic ring is 1. The summed E-state index contributed by atoms with van der Waals surface area (Å²) < 4.78 is 33.4. The molecule has 5 atom stereocenters. The first kappa shape index (κ1) is 26.1. The normalized spacial score (nSPS) is 29.3. The zero-order valence-electron chi connectivity index (χ0n) is 21.0. The number of phosphoric ester groups is 1. The van der Waals surface area contributed by atoms with Gasteiger partial charge in [0.15, 0.2) is 23.8 Å². The first-order valence-corrected chi connectivity index (χ1v) is 14.1. The van der Waals surface area contributed by atoms with Gasteiger partial charge >= 0.3 is 13.9 Å². The standard InChI is InChI=1S/C25H24N5O10P/c26-23-28-20-17(21(31)29-23)30(18-22(27-20)39-16-10-38-41(35,36)40-19(16)25(18,33)34)24(32)37-9-15-13-7-3-1-5-11(13)12-6-2-4-8-14(12)15/h1-8,15-16,18-19,22,33-34H,9-10H2,(H,35,36)(H4,26,27,28,29,31)/t16-,18-,19+,22-/m1/s1. The molecule has 4 aliphatic rings. The molecular weight excluding hydrogens is 561 g/mol. The van der Waals surface area contributed by atoms with Gasteiger partial charge in [0.05, 0.1) is 6.61 Å². The van der Waals surface area contributed by atoms with Crippen LogP contribution in [0.2, 0.25) is 0 Å². The Hall–Kier alpha value is -3.82. The summed E-state index contributed by atoms with van der Waals surface area (Å²) in [5, 5.41) is 25.4.